The van der Waals surface area contributed by atoms with Crippen molar-refractivity contribution in [3.05, 3.63) is 33.0 Å². The maximum Gasteiger partial charge on any atom is 0.347 e. The topological polar surface area (TPSA) is 133 Å². The van der Waals surface area contributed by atoms with E-state index in [4.69, 9.17) is 5.84 Å². The molecule has 0 bridgehead atoms. The number of unbranched alkanes of at least 4 members (excludes halogenated alkanes) is 2. The van der Waals surface area contributed by atoms with Crippen molar-refractivity contribution < 1.29 is 9.72 Å². The number of hydrazine groups is 1. The Hall–Kier alpha value is -2.29. The summed E-state index contributed by atoms with van der Waals surface area (Å²) in [5.74, 6) is 4.68. The number of nitrogens with zero attached hydrogens (tertiary/aromatic N) is 3. The van der Waals surface area contributed by atoms with Crippen molar-refractivity contribution >= 4 is 11.6 Å². The van der Waals surface area contributed by atoms with Crippen LogP contribution in [-0.4, -0.2) is 20.4 Å². The van der Waals surface area contributed by atoms with Gasteiger partial charge in [0.2, 0.25) is 5.91 Å². The first-order valence-corrected chi connectivity index (χ1v) is 5.75. The second kappa shape index (κ2) is 7.21. The van der Waals surface area contributed by atoms with E-state index in [9.17, 15) is 19.7 Å². The van der Waals surface area contributed by atoms with Crippen LogP contribution in [0.3, 0.4) is 0 Å². The summed E-state index contributed by atoms with van der Waals surface area (Å²) in [4.78, 5) is 35.6. The maximum atomic E-state index is 11.4. The molecule has 0 aliphatic heterocycles. The van der Waals surface area contributed by atoms with Crippen molar-refractivity contribution in [3.63, 3.8) is 0 Å². The molecule has 0 aliphatic carbocycles. The minimum Gasteiger partial charge on any atom is -0.294 e. The van der Waals surface area contributed by atoms with Crippen molar-refractivity contribution in [2.75, 3.05) is 0 Å². The number of amides is 1. The van der Waals surface area contributed by atoms with Crippen LogP contribution in [0.2, 0.25) is 0 Å². The Morgan fingerprint density at radius 3 is 2.84 bits per heavy atom. The Bertz CT molecular complexity index is 513. The number of carbonyl (C=O) groups excluding carboxylic acids is 1. The monoisotopic (exact) mass is 269 g/mol. The third-order valence-corrected chi connectivity index (χ3v) is 2.52. The minimum absolute atomic E-state index is 0.220. The highest BCUT2D eigenvalue weighted by molar-refractivity contribution is 5.74. The molecule has 0 spiro atoms. The molecule has 1 rings (SSSR count). The van der Waals surface area contributed by atoms with Crippen molar-refractivity contribution in [2.45, 2.75) is 32.2 Å². The second-order valence-electron chi connectivity index (χ2n) is 3.92. The predicted molar refractivity (Wildman–Crippen MR) is 65.9 cm³/mol. The van der Waals surface area contributed by atoms with Crippen LogP contribution < -0.4 is 17.0 Å². The molecule has 0 radical (unpaired) electrons. The molecule has 104 valence electrons. The van der Waals surface area contributed by atoms with Crippen LogP contribution in [0.4, 0.5) is 5.69 Å². The van der Waals surface area contributed by atoms with Gasteiger partial charge < -0.3 is 0 Å². The second-order valence-corrected chi connectivity index (χ2v) is 3.92. The van der Waals surface area contributed by atoms with Crippen LogP contribution in [0.1, 0.15) is 25.7 Å². The molecule has 0 atom stereocenters. The van der Waals surface area contributed by atoms with Crippen molar-refractivity contribution in [3.8, 4) is 0 Å². The first kappa shape index (κ1) is 14.8. The molecule has 1 aromatic rings. The number of nitrogens with two attached hydrogens (primary N) is 1. The van der Waals surface area contributed by atoms with Crippen molar-refractivity contribution in [1.82, 2.24) is 15.0 Å². The summed E-state index contributed by atoms with van der Waals surface area (Å²) in [6.45, 7) is 0.331. The number of nitro groups is 1. The molecule has 1 heterocycles. The Morgan fingerprint density at radius 2 is 2.21 bits per heavy atom. The molecular formula is C10H15N5O4. The van der Waals surface area contributed by atoms with Crippen LogP contribution in [-0.2, 0) is 11.3 Å². The van der Waals surface area contributed by atoms with E-state index >= 15 is 0 Å². The van der Waals surface area contributed by atoms with E-state index in [0.717, 1.165) is 6.20 Å². The van der Waals surface area contributed by atoms with Gasteiger partial charge in [0.05, 0.1) is 11.1 Å². The lowest BCUT2D eigenvalue weighted by molar-refractivity contribution is -0.385. The SMILES string of the molecule is NNC(=O)CCCCCn1cc([N+](=O)[O-])cnc1=O. The highest BCUT2D eigenvalue weighted by atomic mass is 16.6. The largest absolute Gasteiger partial charge is 0.347 e. The van der Waals surface area contributed by atoms with E-state index < -0.39 is 10.6 Å². The van der Waals surface area contributed by atoms with E-state index in [-0.39, 0.29) is 11.6 Å². The van der Waals surface area contributed by atoms with Gasteiger partial charge >= 0.3 is 11.4 Å². The number of hydrogen-bond donors (Lipinski definition) is 2. The zero-order chi connectivity index (χ0) is 14.3. The lowest BCUT2D eigenvalue weighted by Gasteiger charge is -2.04. The van der Waals surface area contributed by atoms with E-state index in [0.29, 0.717) is 32.2 Å². The van der Waals surface area contributed by atoms with Gasteiger partial charge in [0.15, 0.2) is 0 Å². The molecular weight excluding hydrogens is 254 g/mol. The van der Waals surface area contributed by atoms with Gasteiger partial charge in [-0.25, -0.2) is 10.6 Å². The molecule has 1 aromatic heterocycles. The van der Waals surface area contributed by atoms with Gasteiger partial charge in [-0.2, -0.15) is 4.98 Å². The molecule has 9 heteroatoms. The van der Waals surface area contributed by atoms with Gasteiger partial charge in [0.25, 0.3) is 0 Å². The fraction of sp³-hybridized carbons (Fsp3) is 0.500. The quantitative estimate of drug-likeness (QED) is 0.229. The Balaban J connectivity index is 2.45. The van der Waals surface area contributed by atoms with E-state index in [1.165, 1.54) is 10.8 Å². The number of rotatable bonds is 7. The molecule has 1 amide bonds. The lowest BCUT2D eigenvalue weighted by Crippen LogP contribution is -2.29. The summed E-state index contributed by atoms with van der Waals surface area (Å²) < 4.78 is 1.20. The number of aryl methyl sites for hydroxylation is 1. The number of hydrogen-bond acceptors (Lipinski definition) is 6. The first-order valence-electron chi connectivity index (χ1n) is 5.75. The average Bonchev–Trinajstić information content (AvgIpc) is 2.39. The summed E-state index contributed by atoms with van der Waals surface area (Å²) in [6, 6.07) is 0. The summed E-state index contributed by atoms with van der Waals surface area (Å²) in [7, 11) is 0. The van der Waals surface area contributed by atoms with E-state index in [2.05, 4.69) is 4.98 Å². The van der Waals surface area contributed by atoms with E-state index in [1.54, 1.807) is 0 Å². The number of aromatic nitrogens is 2. The van der Waals surface area contributed by atoms with Gasteiger partial charge in [0, 0.05) is 13.0 Å². The molecule has 0 aliphatic rings. The van der Waals surface area contributed by atoms with Crippen LogP contribution in [0.5, 0.6) is 0 Å². The average molecular weight is 269 g/mol. The lowest BCUT2D eigenvalue weighted by atomic mass is 10.2. The zero-order valence-corrected chi connectivity index (χ0v) is 10.2. The highest BCUT2D eigenvalue weighted by Crippen LogP contribution is 2.06. The molecule has 3 N–H and O–H groups in total. The fourth-order valence-electron chi connectivity index (χ4n) is 1.51. The molecule has 19 heavy (non-hydrogen) atoms. The van der Waals surface area contributed by atoms with Crippen LogP contribution in [0.25, 0.3) is 0 Å². The van der Waals surface area contributed by atoms with E-state index in [1.807, 2.05) is 5.43 Å². The third-order valence-electron chi connectivity index (χ3n) is 2.52. The normalized spacial score (nSPS) is 10.2. The minimum atomic E-state index is -0.603. The summed E-state index contributed by atoms with van der Waals surface area (Å²) in [6.07, 6.45) is 4.40. The van der Waals surface area contributed by atoms with Crippen molar-refractivity contribution in [1.29, 1.82) is 0 Å². The van der Waals surface area contributed by atoms with Crippen LogP contribution in [0.15, 0.2) is 17.2 Å². The third kappa shape index (κ3) is 4.84. The smallest absolute Gasteiger partial charge is 0.294 e. The molecule has 0 saturated heterocycles. The Kier molecular flexibility index (Phi) is 5.61. The summed E-state index contributed by atoms with van der Waals surface area (Å²) >= 11 is 0. The Labute approximate surface area is 108 Å². The Morgan fingerprint density at radius 1 is 1.47 bits per heavy atom. The molecule has 0 aromatic carbocycles. The van der Waals surface area contributed by atoms with Gasteiger partial charge in [-0.05, 0) is 12.8 Å². The predicted octanol–water partition coefficient (Wildman–Crippen LogP) is -0.298. The molecule has 9 nitrogen and oxygen atoms in total. The van der Waals surface area contributed by atoms with Crippen LogP contribution in [0, 0.1) is 10.1 Å². The van der Waals surface area contributed by atoms with Gasteiger partial charge in [-0.3, -0.25) is 24.9 Å². The maximum absolute atomic E-state index is 11.4. The zero-order valence-electron chi connectivity index (χ0n) is 10.2. The van der Waals surface area contributed by atoms with Crippen molar-refractivity contribution in [2.24, 2.45) is 5.84 Å². The molecule has 0 fully saturated rings. The number of nitrogens with one attached hydrogen (secondary N) is 1. The highest BCUT2D eigenvalue weighted by Gasteiger charge is 2.08. The first-order chi connectivity index (χ1) is 9.04. The summed E-state index contributed by atoms with van der Waals surface area (Å²) in [5.41, 5.74) is 1.28. The number of carbonyl (C=O) groups is 1. The van der Waals surface area contributed by atoms with Gasteiger partial charge in [-0.15, -0.1) is 0 Å². The van der Waals surface area contributed by atoms with Gasteiger partial charge in [-0.1, -0.05) is 6.42 Å². The van der Waals surface area contributed by atoms with Gasteiger partial charge in [0.1, 0.15) is 6.20 Å². The molecule has 0 unspecified atom stereocenters. The van der Waals surface area contributed by atoms with Crippen LogP contribution >= 0.6 is 0 Å². The summed E-state index contributed by atoms with van der Waals surface area (Å²) in [5, 5.41) is 10.5. The fourth-order valence-corrected chi connectivity index (χ4v) is 1.51. The molecule has 0 saturated carbocycles. The standard InChI is InChI=1S/C10H15N5O4/c11-13-9(16)4-2-1-3-5-14-7-8(15(18)19)6-12-10(14)17/h6-7H,1-5,11H2,(H,13,16).